The molecule has 0 N–H and O–H groups in total. The Bertz CT molecular complexity index is 2270. The second-order valence-corrected chi connectivity index (χ2v) is 16.1. The van der Waals surface area contributed by atoms with Crippen LogP contribution in [0.3, 0.4) is 0 Å². The van der Waals surface area contributed by atoms with E-state index >= 15 is 0 Å². The van der Waals surface area contributed by atoms with Crippen LogP contribution in [0.15, 0.2) is 134 Å². The van der Waals surface area contributed by atoms with Crippen molar-refractivity contribution in [2.24, 2.45) is 0 Å². The Morgan fingerprint density at radius 1 is 0.564 bits per heavy atom. The second-order valence-electron chi connectivity index (χ2n) is 9.86. The minimum absolute atomic E-state index is 0.993. The zero-order chi connectivity index (χ0) is 26.0. The Kier molecular flexibility index (Phi) is 5.12. The van der Waals surface area contributed by atoms with Crippen molar-refractivity contribution in [1.82, 2.24) is 14.4 Å². The molecule has 0 spiro atoms. The van der Waals surface area contributed by atoms with E-state index in [2.05, 4.69) is 140 Å². The van der Waals surface area contributed by atoms with Crippen LogP contribution < -0.4 is 15.9 Å². The molecule has 8 aromatic rings. The van der Waals surface area contributed by atoms with E-state index in [-0.39, 0.29) is 0 Å². The zero-order valence-electron chi connectivity index (χ0n) is 20.9. The Balaban J connectivity index is 1.48. The average Bonchev–Trinajstić information content (AvgIpc) is 3.40. The number of fused-ring (bicyclic) bond motifs is 9. The normalized spacial score (nSPS) is 13.4. The van der Waals surface area contributed by atoms with Gasteiger partial charge in [0.1, 0.15) is 0 Å². The summed E-state index contributed by atoms with van der Waals surface area (Å²) in [5, 5.41) is 9.88. The minimum atomic E-state index is -2.13. The summed E-state index contributed by atoms with van der Waals surface area (Å²) >= 11 is 3.72. The predicted octanol–water partition coefficient (Wildman–Crippen LogP) is 6.72. The van der Waals surface area contributed by atoms with Crippen molar-refractivity contribution in [3.8, 4) is 0 Å². The fraction of sp³-hybridized carbons (Fsp3) is 0. The van der Waals surface area contributed by atoms with E-state index in [1.807, 2.05) is 18.5 Å². The van der Waals surface area contributed by atoms with Crippen LogP contribution in [0.4, 0.5) is 0 Å². The molecule has 8 rings (SSSR count). The molecule has 184 valence electrons. The average molecular weight is 583 g/mol. The van der Waals surface area contributed by atoms with E-state index in [1.54, 1.807) is 0 Å². The van der Waals surface area contributed by atoms with Crippen LogP contribution in [0.5, 0.6) is 0 Å². The molecule has 0 aliphatic carbocycles. The van der Waals surface area contributed by atoms with Gasteiger partial charge in [0.2, 0.25) is 0 Å². The Hall–Kier alpha value is -4.07. The SMILES string of the molecule is [Se]=P(c1cccnc1)(c1ccc2ccccc2c1)c1ccc2nc3c4ccccc4c4ccccc4n3c2c1. The maximum absolute atomic E-state index is 5.16. The number of rotatable bonds is 3. The third-order valence-corrected chi connectivity index (χ3v) is 14.7. The third-order valence-electron chi connectivity index (χ3n) is 7.71. The first kappa shape index (κ1) is 22.9. The van der Waals surface area contributed by atoms with Crippen molar-refractivity contribution in [2.75, 3.05) is 0 Å². The number of aromatic nitrogens is 3. The van der Waals surface area contributed by atoms with Crippen LogP contribution in [0, 0.1) is 0 Å². The van der Waals surface area contributed by atoms with E-state index in [0.717, 1.165) is 16.7 Å². The van der Waals surface area contributed by atoms with E-state index in [1.165, 1.54) is 48.4 Å². The topological polar surface area (TPSA) is 30.2 Å². The second kappa shape index (κ2) is 8.73. The van der Waals surface area contributed by atoms with Gasteiger partial charge in [0.05, 0.1) is 0 Å². The molecule has 0 saturated carbocycles. The number of hydrogen-bond donors (Lipinski definition) is 0. The fourth-order valence-electron chi connectivity index (χ4n) is 5.85. The van der Waals surface area contributed by atoms with Crippen molar-refractivity contribution < 1.29 is 0 Å². The summed E-state index contributed by atoms with van der Waals surface area (Å²) in [5.74, 6) is 0. The molecule has 0 aliphatic heterocycles. The number of hydrogen-bond acceptors (Lipinski definition) is 2. The summed E-state index contributed by atoms with van der Waals surface area (Å²) in [7, 11) is 0. The Morgan fingerprint density at radius 2 is 1.28 bits per heavy atom. The van der Waals surface area contributed by atoms with Crippen LogP contribution in [-0.4, -0.2) is 29.5 Å². The first-order chi connectivity index (χ1) is 19.2. The van der Waals surface area contributed by atoms with Crippen molar-refractivity contribution in [3.05, 3.63) is 134 Å². The van der Waals surface area contributed by atoms with Crippen LogP contribution in [0.25, 0.3) is 49.1 Å². The van der Waals surface area contributed by atoms with Gasteiger partial charge in [-0.25, -0.2) is 0 Å². The molecular formula is C34H22N3PSe. The number of nitrogens with zero attached hydrogens (tertiary/aromatic N) is 3. The first-order valence-electron chi connectivity index (χ1n) is 12.9. The molecule has 3 heterocycles. The molecular weight excluding hydrogens is 560 g/mol. The summed E-state index contributed by atoms with van der Waals surface area (Å²) in [6.45, 7) is 0. The Labute approximate surface area is 233 Å². The van der Waals surface area contributed by atoms with E-state index in [0.29, 0.717) is 0 Å². The van der Waals surface area contributed by atoms with Gasteiger partial charge in [-0.1, -0.05) is 0 Å². The van der Waals surface area contributed by atoms with Crippen LogP contribution in [0.1, 0.15) is 0 Å². The number of pyridine rings is 2. The number of para-hydroxylation sites is 1. The molecule has 0 radical (unpaired) electrons. The van der Waals surface area contributed by atoms with Crippen molar-refractivity contribution in [1.29, 1.82) is 0 Å². The van der Waals surface area contributed by atoms with E-state index in [9.17, 15) is 0 Å². The quantitative estimate of drug-likeness (QED) is 0.132. The molecule has 5 aromatic carbocycles. The summed E-state index contributed by atoms with van der Waals surface area (Å²) in [4.78, 5) is 9.69. The van der Waals surface area contributed by atoms with Crippen molar-refractivity contribution in [3.63, 3.8) is 0 Å². The standard InChI is InChI=1S/C34H22N3PSe/c39-38(27-10-7-19-35-22-27,25-16-15-23-8-1-2-9-24(23)20-25)26-17-18-31-33(21-26)37-32-14-6-5-12-29(32)28-11-3-4-13-30(28)34(37)36-31/h1-22H. The van der Waals surface area contributed by atoms with Gasteiger partial charge in [-0.05, 0) is 0 Å². The maximum atomic E-state index is 5.16. The van der Waals surface area contributed by atoms with Crippen molar-refractivity contribution in [2.45, 2.75) is 0 Å². The van der Waals surface area contributed by atoms with Gasteiger partial charge >= 0.3 is 234 Å². The van der Waals surface area contributed by atoms with Gasteiger partial charge in [0, 0.05) is 0 Å². The van der Waals surface area contributed by atoms with Crippen molar-refractivity contribution >= 4 is 85.6 Å². The summed E-state index contributed by atoms with van der Waals surface area (Å²) in [6, 6.07) is 43.7. The molecule has 1 atom stereocenters. The molecule has 0 aliphatic rings. The molecule has 0 saturated heterocycles. The van der Waals surface area contributed by atoms with Gasteiger partial charge in [-0.15, -0.1) is 0 Å². The van der Waals surface area contributed by atoms with Crippen LogP contribution in [-0.2, 0) is 0 Å². The summed E-state index contributed by atoms with van der Waals surface area (Å²) in [6.07, 6.45) is 3.86. The molecule has 3 aromatic heterocycles. The van der Waals surface area contributed by atoms with Gasteiger partial charge in [0.25, 0.3) is 0 Å². The third kappa shape index (κ3) is 3.40. The fourth-order valence-corrected chi connectivity index (χ4v) is 10.6. The zero-order valence-corrected chi connectivity index (χ0v) is 23.5. The van der Waals surface area contributed by atoms with Crippen LogP contribution >= 0.6 is 5.51 Å². The Morgan fingerprint density at radius 3 is 2.13 bits per heavy atom. The van der Waals surface area contributed by atoms with Crippen LogP contribution in [0.2, 0.25) is 0 Å². The van der Waals surface area contributed by atoms with Gasteiger partial charge < -0.3 is 0 Å². The molecule has 3 nitrogen and oxygen atoms in total. The van der Waals surface area contributed by atoms with Gasteiger partial charge in [0.15, 0.2) is 0 Å². The van der Waals surface area contributed by atoms with E-state index < -0.39 is 5.51 Å². The monoisotopic (exact) mass is 583 g/mol. The number of benzene rings is 5. The van der Waals surface area contributed by atoms with Gasteiger partial charge in [-0.2, -0.15) is 0 Å². The molecule has 0 amide bonds. The van der Waals surface area contributed by atoms with E-state index in [4.69, 9.17) is 4.98 Å². The summed E-state index contributed by atoms with van der Waals surface area (Å²) < 4.78 is 2.34. The van der Waals surface area contributed by atoms with Gasteiger partial charge in [-0.3, -0.25) is 0 Å². The predicted molar refractivity (Wildman–Crippen MR) is 167 cm³/mol. The molecule has 0 bridgehead atoms. The first-order valence-corrected chi connectivity index (χ1v) is 16.9. The molecule has 5 heteroatoms. The summed E-state index contributed by atoms with van der Waals surface area (Å²) in [5.41, 5.74) is 2.15. The molecule has 39 heavy (non-hydrogen) atoms. The molecule has 0 fully saturated rings. The number of imidazole rings is 1. The molecule has 1 unspecified atom stereocenters.